The van der Waals surface area contributed by atoms with Crippen LogP contribution >= 0.6 is 0 Å². The third-order valence-corrected chi connectivity index (χ3v) is 5.95. The van der Waals surface area contributed by atoms with Crippen LogP contribution in [0.4, 0.5) is 13.2 Å². The number of hydrogen-bond acceptors (Lipinski definition) is 3. The van der Waals surface area contributed by atoms with Gasteiger partial charge in [0.05, 0.1) is 10.9 Å². The molecule has 1 aliphatic rings. The highest BCUT2D eigenvalue weighted by Crippen LogP contribution is 2.44. The predicted molar refractivity (Wildman–Crippen MR) is 101 cm³/mol. The fourth-order valence-corrected chi connectivity index (χ4v) is 4.64. The third-order valence-electron chi connectivity index (χ3n) is 5.95. The highest BCUT2D eigenvalue weighted by Gasteiger charge is 2.48. The summed E-state index contributed by atoms with van der Waals surface area (Å²) in [6, 6.07) is 3.84. The SMILES string of the molecule is C[C@@H]1CN(C)C[C@H](C)[C@@]1(O)c1c(F)cc(-c2ccnc3[nH]cc(F)c23)cc1F. The number of H-pyrrole nitrogens is 1. The van der Waals surface area contributed by atoms with E-state index in [0.717, 1.165) is 18.3 Å². The molecule has 0 unspecified atom stereocenters. The second-order valence-electron chi connectivity index (χ2n) is 7.88. The molecule has 0 radical (unpaired) electrons. The van der Waals surface area contributed by atoms with Gasteiger partial charge < -0.3 is 15.0 Å². The lowest BCUT2D eigenvalue weighted by molar-refractivity contribution is -0.112. The van der Waals surface area contributed by atoms with Crippen molar-refractivity contribution < 1.29 is 18.3 Å². The zero-order chi connectivity index (χ0) is 20.2. The summed E-state index contributed by atoms with van der Waals surface area (Å²) in [6.45, 7) is 4.64. The minimum absolute atomic E-state index is 0.175. The van der Waals surface area contributed by atoms with Gasteiger partial charge in [-0.05, 0) is 36.4 Å². The number of nitrogens with zero attached hydrogens (tertiary/aromatic N) is 2. The summed E-state index contributed by atoms with van der Waals surface area (Å²) in [5, 5.41) is 11.5. The largest absolute Gasteiger partial charge is 0.384 e. The molecule has 3 heterocycles. The molecule has 148 valence electrons. The van der Waals surface area contributed by atoms with Crippen LogP contribution in [0, 0.1) is 29.3 Å². The summed E-state index contributed by atoms with van der Waals surface area (Å²) in [5.41, 5.74) is -1.10. The second kappa shape index (κ2) is 6.60. The van der Waals surface area contributed by atoms with Crippen LogP contribution in [0.15, 0.2) is 30.6 Å². The van der Waals surface area contributed by atoms with Crippen molar-refractivity contribution in [1.29, 1.82) is 0 Å². The van der Waals surface area contributed by atoms with Gasteiger partial charge in [0.1, 0.15) is 22.9 Å². The smallest absolute Gasteiger partial charge is 0.150 e. The van der Waals surface area contributed by atoms with Gasteiger partial charge in [0.2, 0.25) is 0 Å². The lowest BCUT2D eigenvalue weighted by Crippen LogP contribution is -2.54. The standard InChI is InChI=1S/C21H22F3N3O/c1-11-9-27(3)10-12(2)21(11,28)19-15(22)6-13(7-16(19)23)14-4-5-25-20-18(14)17(24)8-26-20/h4-8,11-12,28H,9-10H2,1-3H3,(H,25,26)/t11-,12+,21-. The van der Waals surface area contributed by atoms with Gasteiger partial charge >= 0.3 is 0 Å². The average molecular weight is 389 g/mol. The van der Waals surface area contributed by atoms with Crippen molar-refractivity contribution in [2.45, 2.75) is 19.4 Å². The van der Waals surface area contributed by atoms with Crippen molar-refractivity contribution in [2.75, 3.05) is 20.1 Å². The highest BCUT2D eigenvalue weighted by atomic mass is 19.1. The average Bonchev–Trinajstić information content (AvgIpc) is 3.00. The normalized spacial score (nSPS) is 26.1. The maximum absolute atomic E-state index is 15.2. The fourth-order valence-electron chi connectivity index (χ4n) is 4.64. The van der Waals surface area contributed by atoms with Crippen LogP contribution in [-0.2, 0) is 5.60 Å². The van der Waals surface area contributed by atoms with E-state index in [9.17, 15) is 9.50 Å². The van der Waals surface area contributed by atoms with Gasteiger partial charge in [0.15, 0.2) is 5.82 Å². The molecule has 2 N–H and O–H groups in total. The van der Waals surface area contributed by atoms with Gasteiger partial charge in [-0.15, -0.1) is 0 Å². The molecule has 0 aliphatic carbocycles. The first kappa shape index (κ1) is 19.0. The topological polar surface area (TPSA) is 52.1 Å². The number of likely N-dealkylation sites (tertiary alicyclic amines) is 1. The molecule has 7 heteroatoms. The second-order valence-corrected chi connectivity index (χ2v) is 7.88. The Balaban J connectivity index is 1.87. The number of piperidine rings is 1. The summed E-state index contributed by atoms with van der Waals surface area (Å²) < 4.78 is 44.5. The van der Waals surface area contributed by atoms with Crippen LogP contribution in [0.25, 0.3) is 22.2 Å². The highest BCUT2D eigenvalue weighted by molar-refractivity contribution is 5.93. The lowest BCUT2D eigenvalue weighted by Gasteiger charge is -2.47. The Bertz CT molecular complexity index is 1010. The van der Waals surface area contributed by atoms with Crippen LogP contribution in [-0.4, -0.2) is 40.1 Å². The molecule has 1 saturated heterocycles. The molecule has 28 heavy (non-hydrogen) atoms. The monoisotopic (exact) mass is 389 g/mol. The van der Waals surface area contributed by atoms with Crippen LogP contribution in [0.3, 0.4) is 0 Å². The molecule has 1 fully saturated rings. The summed E-state index contributed by atoms with van der Waals surface area (Å²) in [4.78, 5) is 8.77. The van der Waals surface area contributed by atoms with Crippen molar-refractivity contribution >= 4 is 11.0 Å². The Labute approximate surface area is 161 Å². The molecule has 0 saturated carbocycles. The minimum Gasteiger partial charge on any atom is -0.384 e. The van der Waals surface area contributed by atoms with Gasteiger partial charge in [-0.25, -0.2) is 18.2 Å². The number of aromatic nitrogens is 2. The van der Waals surface area contributed by atoms with E-state index in [4.69, 9.17) is 0 Å². The van der Waals surface area contributed by atoms with Crippen LogP contribution < -0.4 is 0 Å². The summed E-state index contributed by atoms with van der Waals surface area (Å²) >= 11 is 0. The molecule has 2 aromatic heterocycles. The van der Waals surface area contributed by atoms with E-state index in [1.54, 1.807) is 13.8 Å². The van der Waals surface area contributed by atoms with E-state index >= 15 is 8.78 Å². The van der Waals surface area contributed by atoms with Crippen molar-refractivity contribution in [3.63, 3.8) is 0 Å². The maximum atomic E-state index is 15.2. The fraction of sp³-hybridized carbons (Fsp3) is 0.381. The maximum Gasteiger partial charge on any atom is 0.150 e. The summed E-state index contributed by atoms with van der Waals surface area (Å²) in [6.07, 6.45) is 2.61. The number of halogens is 3. The van der Waals surface area contributed by atoms with Gasteiger partial charge in [0, 0.05) is 37.3 Å². The number of pyridine rings is 1. The Morgan fingerprint density at radius 1 is 1.11 bits per heavy atom. The first-order valence-electron chi connectivity index (χ1n) is 9.25. The minimum atomic E-state index is -1.62. The first-order chi connectivity index (χ1) is 13.2. The molecule has 0 spiro atoms. The summed E-state index contributed by atoms with van der Waals surface area (Å²) in [5.74, 6) is -2.92. The number of fused-ring (bicyclic) bond motifs is 1. The zero-order valence-electron chi connectivity index (χ0n) is 15.9. The van der Waals surface area contributed by atoms with Gasteiger partial charge in [-0.2, -0.15) is 0 Å². The third kappa shape index (κ3) is 2.72. The van der Waals surface area contributed by atoms with E-state index < -0.39 is 23.1 Å². The van der Waals surface area contributed by atoms with E-state index in [2.05, 4.69) is 9.97 Å². The molecule has 0 amide bonds. The zero-order valence-corrected chi connectivity index (χ0v) is 15.9. The number of aliphatic hydroxyl groups is 1. The molecule has 3 aromatic rings. The molecular weight excluding hydrogens is 367 g/mol. The number of benzene rings is 1. The van der Waals surface area contributed by atoms with Gasteiger partial charge in [-0.3, -0.25) is 0 Å². The van der Waals surface area contributed by atoms with Crippen molar-refractivity contribution in [1.82, 2.24) is 14.9 Å². The van der Waals surface area contributed by atoms with E-state index in [1.165, 1.54) is 12.3 Å². The number of hydrogen-bond donors (Lipinski definition) is 2. The number of aromatic amines is 1. The Morgan fingerprint density at radius 3 is 2.32 bits per heavy atom. The van der Waals surface area contributed by atoms with Crippen molar-refractivity contribution in [3.8, 4) is 11.1 Å². The molecule has 1 aromatic carbocycles. The van der Waals surface area contributed by atoms with Crippen LogP contribution in [0.5, 0.6) is 0 Å². The van der Waals surface area contributed by atoms with Crippen molar-refractivity contribution in [3.05, 3.63) is 53.6 Å². The lowest BCUT2D eigenvalue weighted by atomic mass is 9.70. The van der Waals surface area contributed by atoms with E-state index in [-0.39, 0.29) is 28.3 Å². The Morgan fingerprint density at radius 2 is 1.71 bits per heavy atom. The molecule has 4 rings (SSSR count). The van der Waals surface area contributed by atoms with E-state index in [0.29, 0.717) is 24.3 Å². The first-order valence-corrected chi connectivity index (χ1v) is 9.25. The van der Waals surface area contributed by atoms with Gasteiger partial charge in [0.25, 0.3) is 0 Å². The molecule has 4 nitrogen and oxygen atoms in total. The molecular formula is C21H22F3N3O. The van der Waals surface area contributed by atoms with Crippen molar-refractivity contribution in [2.24, 2.45) is 11.8 Å². The molecule has 1 aliphatic heterocycles. The Hall–Kier alpha value is -2.38. The number of nitrogens with one attached hydrogen (secondary N) is 1. The van der Waals surface area contributed by atoms with Gasteiger partial charge in [-0.1, -0.05) is 13.8 Å². The van der Waals surface area contributed by atoms with Crippen LogP contribution in [0.2, 0.25) is 0 Å². The van der Waals surface area contributed by atoms with Crippen LogP contribution in [0.1, 0.15) is 19.4 Å². The van der Waals surface area contributed by atoms with E-state index in [1.807, 2.05) is 11.9 Å². The Kier molecular flexibility index (Phi) is 4.47. The molecule has 3 atom stereocenters. The molecule has 0 bridgehead atoms. The summed E-state index contributed by atoms with van der Waals surface area (Å²) in [7, 11) is 1.92. The predicted octanol–water partition coefficient (Wildman–Crippen LogP) is 4.05. The number of rotatable bonds is 2. The quantitative estimate of drug-likeness (QED) is 0.695.